The molecule has 0 bridgehead atoms. The number of nitrogens with one attached hydrogen (secondary N) is 4. The van der Waals surface area contributed by atoms with Crippen LogP contribution in [0.5, 0.6) is 0 Å². The molecule has 0 radical (unpaired) electrons. The summed E-state index contributed by atoms with van der Waals surface area (Å²) in [6, 6.07) is 5.75. The van der Waals surface area contributed by atoms with Gasteiger partial charge in [-0.15, -0.1) is 5.10 Å². The van der Waals surface area contributed by atoms with Gasteiger partial charge in [-0.25, -0.2) is 19.2 Å². The number of rotatable bonds is 20. The first-order chi connectivity index (χ1) is 40.5. The summed E-state index contributed by atoms with van der Waals surface area (Å²) < 4.78 is 50.8. The molecule has 5 N–H and O–H groups in total. The molecule has 5 rings (SSSR count). The lowest BCUT2D eigenvalue weighted by molar-refractivity contribution is -0.298. The van der Waals surface area contributed by atoms with Gasteiger partial charge in [0.2, 0.25) is 0 Å². The fourth-order valence-electron chi connectivity index (χ4n) is 11.8. The van der Waals surface area contributed by atoms with Crippen LogP contribution in [0.25, 0.3) is 11.3 Å². The zero-order chi connectivity index (χ0) is 65.0. The van der Waals surface area contributed by atoms with E-state index in [1.165, 1.54) is 6.92 Å². The van der Waals surface area contributed by atoms with Crippen LogP contribution in [0.3, 0.4) is 0 Å². The van der Waals surface area contributed by atoms with Crippen molar-refractivity contribution in [2.45, 2.75) is 226 Å². The number of ether oxygens (including phenoxy) is 8. The number of aliphatic hydroxyl groups excluding tert-OH is 1. The third-order valence-electron chi connectivity index (χ3n) is 16.0. The number of aromatic nitrogens is 3. The van der Waals surface area contributed by atoms with Gasteiger partial charge in [0.1, 0.15) is 40.6 Å². The molecule has 0 spiro atoms. The number of carbonyl (C=O) groups excluding carboxylic acids is 6. The predicted octanol–water partition coefficient (Wildman–Crippen LogP) is 7.38. The first-order valence-corrected chi connectivity index (χ1v) is 30.8. The van der Waals surface area contributed by atoms with E-state index in [9.17, 15) is 33.9 Å². The Kier molecular flexibility index (Phi) is 25.4. The molecule has 1 aromatic heterocycles. The molecule has 25 nitrogen and oxygen atoms in total. The largest absolute Gasteiger partial charge is 0.458 e. The van der Waals surface area contributed by atoms with Gasteiger partial charge in [0, 0.05) is 82.2 Å². The topological polar surface area (TPSA) is 285 Å². The number of alkyl carbamates (subject to hydrolysis) is 2. The predicted molar refractivity (Wildman–Crippen MR) is 327 cm³/mol. The average Bonchev–Trinajstić information content (AvgIpc) is 1.72. The molecule has 3 aliphatic heterocycles. The first kappa shape index (κ1) is 72.0. The highest BCUT2D eigenvalue weighted by atomic mass is 16.7. The second-order valence-corrected chi connectivity index (χ2v) is 27.3. The van der Waals surface area contributed by atoms with Gasteiger partial charge < -0.3 is 63.9 Å². The van der Waals surface area contributed by atoms with Crippen LogP contribution in [0.15, 0.2) is 30.5 Å². The van der Waals surface area contributed by atoms with Gasteiger partial charge in [0.05, 0.1) is 30.0 Å². The lowest BCUT2D eigenvalue weighted by Gasteiger charge is -2.47. The van der Waals surface area contributed by atoms with E-state index in [-0.39, 0.29) is 25.4 Å². The first-order valence-electron chi connectivity index (χ1n) is 30.8. The molecule has 0 saturated carbocycles. The number of fused-ring (bicyclic) bond motifs is 1. The third kappa shape index (κ3) is 20.9. The number of likely N-dealkylation sites (N-methyl/N-ethyl adjacent to an activating group) is 1. The Morgan fingerprint density at radius 3 is 2.05 bits per heavy atom. The maximum absolute atomic E-state index is 14.9. The molecule has 25 heteroatoms. The summed E-state index contributed by atoms with van der Waals surface area (Å²) >= 11 is 0. The standard InChI is InChI=1S/C62H104N10O15/c1-20-47-62(16)50(72(57(79)87-62)29-22-21-28-71-37-45(67-68-71)42-24-23-25-43(32-42)66-56(78)86-60(12,13)14)41(5)65-35-38(2)34-61(15,80-19)51(39(3)48(73)40(4)52(75)82-47)83-53-49(74)46(69(17)18)33-44(81-53)36-70(30-26-63-54(76)84-58(6,7)8)31-27-64-55(77)85-59(9,10)11/h23-25,32,37-41,44,46-47,49-51,53,65,74H,20-22,26-31,33-36H2,1-19H3,(H,63,76)(H,64,77)(H,66,78)/t38-,39+,40-,41-,44+,46?,47-,49?,50-,51-,53+,61-,62-/m1/s1. The van der Waals surface area contributed by atoms with Gasteiger partial charge >= 0.3 is 30.3 Å². The van der Waals surface area contributed by atoms with Crippen LogP contribution in [0.1, 0.15) is 143 Å². The number of methoxy groups -OCH3 is 1. The molecule has 4 amide bonds. The number of amides is 4. The Morgan fingerprint density at radius 2 is 1.47 bits per heavy atom. The van der Waals surface area contributed by atoms with E-state index < -0.39 is 125 Å². The Labute approximate surface area is 515 Å². The summed E-state index contributed by atoms with van der Waals surface area (Å²) in [7, 11) is 5.25. The van der Waals surface area contributed by atoms with E-state index in [1.54, 1.807) is 105 Å². The van der Waals surface area contributed by atoms with E-state index in [1.807, 2.05) is 63.0 Å². The number of aliphatic hydroxyl groups is 1. The van der Waals surface area contributed by atoms with Crippen LogP contribution >= 0.6 is 0 Å². The number of benzene rings is 1. The van der Waals surface area contributed by atoms with Crippen LogP contribution in [0.4, 0.5) is 24.9 Å². The zero-order valence-electron chi connectivity index (χ0n) is 55.3. The SMILES string of the molecule is CC[C@H]1OC(=O)[C@H](C)C(=O)[C@H](C)[C@@H](O[C@@H]2O[C@H](CN(CCNC(=O)OC(C)(C)C)CCNC(=O)OC(C)(C)C)CC(N(C)C)C2O)[C@](C)(OC)C[C@@H](C)CN[C@H](C)[C@H]2N(CCCCn3cc(-c4cccc(NC(=O)OC(C)(C)C)c4)nn3)C(=O)O[C@]12C. The zero-order valence-corrected chi connectivity index (χ0v) is 55.3. The molecule has 13 atom stereocenters. The van der Waals surface area contributed by atoms with Gasteiger partial charge in [0.25, 0.3) is 0 Å². The van der Waals surface area contributed by atoms with E-state index in [4.69, 9.17) is 37.9 Å². The minimum Gasteiger partial charge on any atom is -0.458 e. The number of unbranched alkanes of at least 4 members (excludes halogenated alkanes) is 1. The number of Topliss-reactive ketones (excluding diaryl/α,β-unsaturated/α-hetero) is 1. The lowest BCUT2D eigenvalue weighted by atomic mass is 9.78. The number of nitrogens with zero attached hydrogens (tertiary/aromatic N) is 6. The number of hydrogen-bond acceptors (Lipinski definition) is 20. The molecule has 2 aromatic rings. The Morgan fingerprint density at radius 1 is 0.874 bits per heavy atom. The van der Waals surface area contributed by atoms with Gasteiger partial charge in [-0.1, -0.05) is 38.1 Å². The van der Waals surface area contributed by atoms with Crippen molar-refractivity contribution in [3.8, 4) is 11.3 Å². The summed E-state index contributed by atoms with van der Waals surface area (Å²) in [5.74, 6) is -3.74. The quantitative estimate of drug-likeness (QED) is 0.0374. The molecular formula is C62H104N10O15. The van der Waals surface area contributed by atoms with Crippen molar-refractivity contribution in [2.75, 3.05) is 72.3 Å². The molecule has 0 aliphatic carbocycles. The van der Waals surface area contributed by atoms with Crippen LogP contribution in [0, 0.1) is 17.8 Å². The molecule has 87 heavy (non-hydrogen) atoms. The second-order valence-electron chi connectivity index (χ2n) is 27.3. The van der Waals surface area contributed by atoms with Crippen molar-refractivity contribution < 1.29 is 71.8 Å². The molecule has 3 fully saturated rings. The van der Waals surface area contributed by atoms with Gasteiger partial charge in [0.15, 0.2) is 17.7 Å². The number of hydrogen-bond donors (Lipinski definition) is 5. The highest BCUT2D eigenvalue weighted by molar-refractivity contribution is 6.00. The highest BCUT2D eigenvalue weighted by Crippen LogP contribution is 2.40. The van der Waals surface area contributed by atoms with Crippen molar-refractivity contribution in [1.29, 1.82) is 0 Å². The van der Waals surface area contributed by atoms with Gasteiger partial charge in [-0.2, -0.15) is 0 Å². The lowest BCUT2D eigenvalue weighted by Crippen LogP contribution is -2.61. The second kappa shape index (κ2) is 30.7. The van der Waals surface area contributed by atoms with Gasteiger partial charge in [-0.3, -0.25) is 29.4 Å². The Hall–Kier alpha value is -5.70. The van der Waals surface area contributed by atoms with Crippen molar-refractivity contribution in [2.24, 2.45) is 17.8 Å². The molecule has 2 unspecified atom stereocenters. The van der Waals surface area contributed by atoms with Crippen molar-refractivity contribution >= 4 is 41.8 Å². The number of esters is 1. The molecule has 4 heterocycles. The number of cyclic esters (lactones) is 1. The average molecular weight is 1230 g/mol. The highest BCUT2D eigenvalue weighted by Gasteiger charge is 2.59. The van der Waals surface area contributed by atoms with Crippen molar-refractivity contribution in [1.82, 2.24) is 45.6 Å². The summed E-state index contributed by atoms with van der Waals surface area (Å²) in [6.07, 6.45) is -3.35. The number of ketones is 1. The van der Waals surface area contributed by atoms with E-state index >= 15 is 0 Å². The molecule has 3 aliphatic rings. The number of carbonyl (C=O) groups is 6. The van der Waals surface area contributed by atoms with E-state index in [0.717, 1.165) is 5.56 Å². The van der Waals surface area contributed by atoms with Crippen LogP contribution in [-0.2, 0) is 54.0 Å². The monoisotopic (exact) mass is 1230 g/mol. The summed E-state index contributed by atoms with van der Waals surface area (Å²) in [6.45, 7) is 31.4. The summed E-state index contributed by atoms with van der Waals surface area (Å²) in [4.78, 5) is 87.0. The summed E-state index contributed by atoms with van der Waals surface area (Å²) in [5.41, 5.74) is -2.69. The van der Waals surface area contributed by atoms with Crippen molar-refractivity contribution in [3.05, 3.63) is 30.5 Å². The van der Waals surface area contributed by atoms with Crippen LogP contribution in [0.2, 0.25) is 0 Å². The van der Waals surface area contributed by atoms with E-state index in [2.05, 4.69) is 38.5 Å². The Bertz CT molecular complexity index is 2570. The fourth-order valence-corrected chi connectivity index (χ4v) is 11.8. The van der Waals surface area contributed by atoms with Crippen LogP contribution < -0.4 is 21.3 Å². The maximum atomic E-state index is 14.9. The molecular weight excluding hydrogens is 1120 g/mol. The molecule has 492 valence electrons. The smallest absolute Gasteiger partial charge is 0.412 e. The number of aryl methyl sites for hydroxylation is 1. The van der Waals surface area contributed by atoms with Crippen LogP contribution in [-0.4, -0.2) is 215 Å². The Balaban J connectivity index is 1.35. The summed E-state index contributed by atoms with van der Waals surface area (Å²) in [5, 5.41) is 33.0. The number of anilines is 1. The molecule has 3 saturated heterocycles. The normalized spacial score (nSPS) is 28.9. The van der Waals surface area contributed by atoms with Crippen molar-refractivity contribution in [3.63, 3.8) is 0 Å². The van der Waals surface area contributed by atoms with E-state index in [0.29, 0.717) is 76.3 Å². The van der Waals surface area contributed by atoms with Gasteiger partial charge in [-0.05, 0) is 161 Å². The maximum Gasteiger partial charge on any atom is 0.412 e. The fraction of sp³-hybridized carbons (Fsp3) is 0.774. The third-order valence-corrected chi connectivity index (χ3v) is 16.0. The minimum atomic E-state index is -1.33. The molecule has 1 aromatic carbocycles. The minimum absolute atomic E-state index is 0.140.